The van der Waals surface area contributed by atoms with Gasteiger partial charge in [-0.2, -0.15) is 0 Å². The molecule has 0 heterocycles. The zero-order valence-corrected chi connectivity index (χ0v) is 10.8. The van der Waals surface area contributed by atoms with Crippen molar-refractivity contribution < 1.29 is 14.8 Å². The number of amides is 1. The van der Waals surface area contributed by atoms with Crippen LogP contribution in [-0.4, -0.2) is 28.6 Å². The zero-order valence-electron chi connectivity index (χ0n) is 10.0. The minimum atomic E-state index is -0.624. The van der Waals surface area contributed by atoms with Crippen LogP contribution in [0.25, 0.3) is 0 Å². The maximum absolute atomic E-state index is 11.8. The monoisotopic (exact) mass is 284 g/mol. The van der Waals surface area contributed by atoms with Crippen molar-refractivity contribution in [3.05, 3.63) is 38.9 Å². The largest absolute Gasteiger partial charge is 0.393 e. The summed E-state index contributed by atoms with van der Waals surface area (Å²) in [6, 6.07) is 3.94. The number of nitrogens with zero attached hydrogens (tertiary/aromatic N) is 1. The first-order chi connectivity index (χ1) is 8.97. The van der Waals surface area contributed by atoms with Crippen molar-refractivity contribution in [2.75, 3.05) is 6.54 Å². The van der Waals surface area contributed by atoms with Crippen molar-refractivity contribution >= 4 is 23.2 Å². The Morgan fingerprint density at radius 1 is 1.53 bits per heavy atom. The van der Waals surface area contributed by atoms with Gasteiger partial charge in [-0.15, -0.1) is 0 Å². The van der Waals surface area contributed by atoms with Crippen LogP contribution in [0.1, 0.15) is 23.2 Å². The summed E-state index contributed by atoms with van der Waals surface area (Å²) in [6.07, 6.45) is 1.10. The van der Waals surface area contributed by atoms with Crippen molar-refractivity contribution in [3.63, 3.8) is 0 Å². The number of carbonyl (C=O) groups is 1. The molecule has 1 saturated carbocycles. The van der Waals surface area contributed by atoms with Crippen molar-refractivity contribution in [2.24, 2.45) is 5.92 Å². The molecule has 0 bridgehead atoms. The average molecular weight is 285 g/mol. The lowest BCUT2D eigenvalue weighted by Crippen LogP contribution is -2.38. The average Bonchev–Trinajstić information content (AvgIpc) is 2.33. The van der Waals surface area contributed by atoms with E-state index in [0.29, 0.717) is 19.4 Å². The Kier molecular flexibility index (Phi) is 4.01. The Morgan fingerprint density at radius 3 is 2.79 bits per heavy atom. The first-order valence-electron chi connectivity index (χ1n) is 5.87. The number of rotatable bonds is 4. The van der Waals surface area contributed by atoms with Gasteiger partial charge >= 0.3 is 0 Å². The molecule has 102 valence electrons. The van der Waals surface area contributed by atoms with Crippen LogP contribution in [0, 0.1) is 16.0 Å². The van der Waals surface area contributed by atoms with Gasteiger partial charge in [0, 0.05) is 18.2 Å². The highest BCUT2D eigenvalue weighted by Gasteiger charge is 2.27. The molecule has 1 aromatic rings. The third-order valence-electron chi connectivity index (χ3n) is 3.17. The molecule has 0 aromatic heterocycles. The molecular formula is C12H13ClN2O4. The first-order valence-corrected chi connectivity index (χ1v) is 6.25. The van der Waals surface area contributed by atoms with E-state index in [4.69, 9.17) is 16.7 Å². The number of nitrogens with one attached hydrogen (secondary N) is 1. The number of halogens is 1. The molecule has 1 aliphatic rings. The second-order valence-electron chi connectivity index (χ2n) is 4.62. The molecule has 19 heavy (non-hydrogen) atoms. The molecule has 0 atom stereocenters. The molecule has 6 nitrogen and oxygen atoms in total. The Labute approximate surface area is 114 Å². The molecule has 0 spiro atoms. The molecule has 0 aliphatic heterocycles. The Hall–Kier alpha value is -1.66. The highest BCUT2D eigenvalue weighted by atomic mass is 35.5. The van der Waals surface area contributed by atoms with Crippen LogP contribution in [0.3, 0.4) is 0 Å². The SMILES string of the molecule is O=C(NCC1CC(O)C1)c1ccc(Cl)c([N+](=O)[O-])c1. The van der Waals surface area contributed by atoms with Crippen LogP contribution >= 0.6 is 11.6 Å². The molecule has 1 amide bonds. The molecule has 0 saturated heterocycles. The van der Waals surface area contributed by atoms with Crippen LogP contribution in [-0.2, 0) is 0 Å². The highest BCUT2D eigenvalue weighted by molar-refractivity contribution is 6.32. The summed E-state index contributed by atoms with van der Waals surface area (Å²) in [7, 11) is 0. The van der Waals surface area contributed by atoms with Crippen LogP contribution in [0.5, 0.6) is 0 Å². The van der Waals surface area contributed by atoms with Gasteiger partial charge in [0.2, 0.25) is 0 Å². The second-order valence-corrected chi connectivity index (χ2v) is 5.03. The quantitative estimate of drug-likeness (QED) is 0.651. The summed E-state index contributed by atoms with van der Waals surface area (Å²) in [5, 5.41) is 22.5. The van der Waals surface area contributed by atoms with E-state index < -0.39 is 4.92 Å². The van der Waals surface area contributed by atoms with Gasteiger partial charge in [0.25, 0.3) is 11.6 Å². The van der Waals surface area contributed by atoms with Gasteiger partial charge in [-0.3, -0.25) is 14.9 Å². The third-order valence-corrected chi connectivity index (χ3v) is 3.49. The fraction of sp³-hybridized carbons (Fsp3) is 0.417. The van der Waals surface area contributed by atoms with Crippen LogP contribution < -0.4 is 5.32 Å². The third kappa shape index (κ3) is 3.21. The molecular weight excluding hydrogens is 272 g/mol. The van der Waals surface area contributed by atoms with E-state index >= 15 is 0 Å². The van der Waals surface area contributed by atoms with E-state index in [2.05, 4.69) is 5.32 Å². The van der Waals surface area contributed by atoms with Crippen LogP contribution in [0.15, 0.2) is 18.2 Å². The summed E-state index contributed by atoms with van der Waals surface area (Å²) < 4.78 is 0. The van der Waals surface area contributed by atoms with Gasteiger partial charge < -0.3 is 10.4 Å². The van der Waals surface area contributed by atoms with E-state index in [-0.39, 0.29) is 34.2 Å². The van der Waals surface area contributed by atoms with E-state index in [1.807, 2.05) is 0 Å². The highest BCUT2D eigenvalue weighted by Crippen LogP contribution is 2.27. The van der Waals surface area contributed by atoms with Gasteiger partial charge in [0.1, 0.15) is 5.02 Å². The Morgan fingerprint density at radius 2 is 2.21 bits per heavy atom. The molecule has 0 unspecified atom stereocenters. The predicted octanol–water partition coefficient (Wildman–Crippen LogP) is 1.75. The minimum Gasteiger partial charge on any atom is -0.393 e. The molecule has 2 N–H and O–H groups in total. The van der Waals surface area contributed by atoms with Crippen LogP contribution in [0.4, 0.5) is 5.69 Å². The second kappa shape index (κ2) is 5.54. The number of aliphatic hydroxyl groups excluding tert-OH is 1. The van der Waals surface area contributed by atoms with Crippen molar-refractivity contribution in [3.8, 4) is 0 Å². The molecule has 1 fully saturated rings. The van der Waals surface area contributed by atoms with Gasteiger partial charge in [-0.05, 0) is 30.9 Å². The smallest absolute Gasteiger partial charge is 0.288 e. The summed E-state index contributed by atoms with van der Waals surface area (Å²) in [5.74, 6) is -0.0950. The summed E-state index contributed by atoms with van der Waals surface area (Å²) >= 11 is 5.67. The van der Waals surface area contributed by atoms with E-state index in [0.717, 1.165) is 6.07 Å². The van der Waals surface area contributed by atoms with Gasteiger partial charge in [-0.1, -0.05) is 11.6 Å². The molecule has 7 heteroatoms. The first kappa shape index (κ1) is 13.8. The van der Waals surface area contributed by atoms with Gasteiger partial charge in [0.15, 0.2) is 0 Å². The van der Waals surface area contributed by atoms with Gasteiger partial charge in [-0.25, -0.2) is 0 Å². The number of aliphatic hydroxyl groups is 1. The summed E-state index contributed by atoms with van der Waals surface area (Å²) in [6.45, 7) is 0.465. The topological polar surface area (TPSA) is 92.5 Å². The minimum absolute atomic E-state index is 0.00339. The van der Waals surface area contributed by atoms with Crippen molar-refractivity contribution in [1.29, 1.82) is 0 Å². The lowest BCUT2D eigenvalue weighted by molar-refractivity contribution is -0.384. The Bertz CT molecular complexity index is 514. The zero-order chi connectivity index (χ0) is 14.0. The standard InChI is InChI=1S/C12H13ClN2O4/c13-10-2-1-8(5-11(10)15(18)19)12(17)14-6-7-3-9(16)4-7/h1-2,5,7,9,16H,3-4,6H2,(H,14,17). The van der Waals surface area contributed by atoms with Gasteiger partial charge in [0.05, 0.1) is 11.0 Å². The lowest BCUT2D eigenvalue weighted by atomic mass is 9.82. The number of nitro benzene ring substituents is 1. The molecule has 1 aliphatic carbocycles. The summed E-state index contributed by atoms with van der Waals surface area (Å²) in [4.78, 5) is 21.9. The van der Waals surface area contributed by atoms with Crippen molar-refractivity contribution in [1.82, 2.24) is 5.32 Å². The predicted molar refractivity (Wildman–Crippen MR) is 69.2 cm³/mol. The number of hydrogen-bond donors (Lipinski definition) is 2. The summed E-state index contributed by atoms with van der Waals surface area (Å²) in [5.41, 5.74) is -0.0793. The van der Waals surface area contributed by atoms with Crippen LogP contribution in [0.2, 0.25) is 5.02 Å². The number of nitro groups is 1. The Balaban J connectivity index is 1.99. The molecule has 2 rings (SSSR count). The number of hydrogen-bond acceptors (Lipinski definition) is 4. The number of carbonyl (C=O) groups excluding carboxylic acids is 1. The molecule has 0 radical (unpaired) electrons. The molecule has 1 aromatic carbocycles. The van der Waals surface area contributed by atoms with E-state index in [1.54, 1.807) is 0 Å². The van der Waals surface area contributed by atoms with E-state index in [1.165, 1.54) is 12.1 Å². The fourth-order valence-corrected chi connectivity index (χ4v) is 2.19. The normalized spacial score (nSPS) is 21.6. The van der Waals surface area contributed by atoms with Crippen molar-refractivity contribution in [2.45, 2.75) is 18.9 Å². The maximum Gasteiger partial charge on any atom is 0.288 e. The van der Waals surface area contributed by atoms with E-state index in [9.17, 15) is 14.9 Å². The maximum atomic E-state index is 11.8. The fourth-order valence-electron chi connectivity index (χ4n) is 2.00. The number of benzene rings is 1. The lowest BCUT2D eigenvalue weighted by Gasteiger charge is -2.31.